The van der Waals surface area contributed by atoms with Crippen molar-refractivity contribution in [3.63, 3.8) is 0 Å². The first kappa shape index (κ1) is 37.5. The van der Waals surface area contributed by atoms with Gasteiger partial charge in [-0.25, -0.2) is 18.4 Å². The number of ether oxygens (including phenoxy) is 2. The summed E-state index contributed by atoms with van der Waals surface area (Å²) in [5.41, 5.74) is -1.45. The fourth-order valence-electron chi connectivity index (χ4n) is 5.50. The van der Waals surface area contributed by atoms with Crippen molar-refractivity contribution >= 4 is 23.9 Å². The van der Waals surface area contributed by atoms with E-state index < -0.39 is 52.8 Å². The third-order valence-corrected chi connectivity index (χ3v) is 7.89. The summed E-state index contributed by atoms with van der Waals surface area (Å²) in [6.45, 7) is 16.9. The zero-order valence-electron chi connectivity index (χ0n) is 28.5. The maximum Gasteiger partial charge on any atom is 0.410 e. The largest absolute Gasteiger partial charge is 0.493 e. The molecule has 0 aromatic heterocycles. The molecule has 0 bridgehead atoms. The summed E-state index contributed by atoms with van der Waals surface area (Å²) in [7, 11) is 2.99. The Morgan fingerprint density at radius 2 is 1.67 bits per heavy atom. The first-order valence-electron chi connectivity index (χ1n) is 15.5. The van der Waals surface area contributed by atoms with Crippen LogP contribution in [0.15, 0.2) is 18.2 Å². The zero-order chi connectivity index (χ0) is 34.4. The van der Waals surface area contributed by atoms with Crippen LogP contribution in [0.2, 0.25) is 0 Å². The number of carbonyl (C=O) groups excluding carboxylic acids is 4. The van der Waals surface area contributed by atoms with E-state index in [0.717, 1.165) is 12.1 Å². The molecule has 2 aliphatic heterocycles. The van der Waals surface area contributed by atoms with Gasteiger partial charge in [0, 0.05) is 39.2 Å². The highest BCUT2D eigenvalue weighted by atomic mass is 19.2. The molecule has 2 saturated heterocycles. The van der Waals surface area contributed by atoms with Gasteiger partial charge in [-0.15, -0.1) is 0 Å². The smallest absolute Gasteiger partial charge is 0.410 e. The number of amides is 5. The predicted molar refractivity (Wildman–Crippen MR) is 167 cm³/mol. The Bertz CT molecular complexity index is 1220. The highest BCUT2D eigenvalue weighted by Gasteiger charge is 2.53. The van der Waals surface area contributed by atoms with Crippen LogP contribution >= 0.6 is 0 Å². The minimum absolute atomic E-state index is 0.0494. The molecule has 0 saturated carbocycles. The first-order chi connectivity index (χ1) is 20.9. The fraction of sp³-hybridized carbons (Fsp3) is 0.688. The monoisotopic (exact) mass is 639 g/mol. The van der Waals surface area contributed by atoms with Gasteiger partial charge in [0.25, 0.3) is 0 Å². The molecular weight excluding hydrogens is 588 g/mol. The van der Waals surface area contributed by atoms with Gasteiger partial charge in [-0.2, -0.15) is 0 Å². The number of hydrogen-bond acceptors (Lipinski definition) is 6. The highest BCUT2D eigenvalue weighted by molar-refractivity contribution is 5.92. The molecule has 254 valence electrons. The van der Waals surface area contributed by atoms with Crippen molar-refractivity contribution in [2.75, 3.05) is 33.8 Å². The van der Waals surface area contributed by atoms with Crippen molar-refractivity contribution < 1.29 is 37.4 Å². The molecule has 0 radical (unpaired) electrons. The molecule has 5 amide bonds. The van der Waals surface area contributed by atoms with Gasteiger partial charge in [0.15, 0.2) is 11.6 Å². The maximum absolute atomic E-state index is 14.2. The molecular formula is C32H51F2N5O6. The molecule has 3 unspecified atom stereocenters. The summed E-state index contributed by atoms with van der Waals surface area (Å²) < 4.78 is 38.4. The number of nitrogens with zero attached hydrogens (tertiary/aromatic N) is 3. The van der Waals surface area contributed by atoms with Crippen LogP contribution in [0.4, 0.5) is 18.4 Å². The number of rotatable bonds is 7. The van der Waals surface area contributed by atoms with Crippen molar-refractivity contribution in [1.29, 1.82) is 0 Å². The Morgan fingerprint density at radius 3 is 2.20 bits per heavy atom. The van der Waals surface area contributed by atoms with Crippen LogP contribution in [0.1, 0.15) is 68.7 Å². The molecule has 2 fully saturated rings. The summed E-state index contributed by atoms with van der Waals surface area (Å²) in [6, 6.07) is 0.355. The molecule has 45 heavy (non-hydrogen) atoms. The summed E-state index contributed by atoms with van der Waals surface area (Å²) in [5, 5.41) is 5.50. The molecule has 2 aliphatic rings. The molecule has 0 aliphatic carbocycles. The van der Waals surface area contributed by atoms with Gasteiger partial charge < -0.3 is 29.9 Å². The number of halogens is 2. The van der Waals surface area contributed by atoms with Crippen molar-refractivity contribution in [2.45, 2.75) is 98.5 Å². The summed E-state index contributed by atoms with van der Waals surface area (Å²) in [5.74, 6) is -3.08. The second-order valence-corrected chi connectivity index (χ2v) is 13.3. The summed E-state index contributed by atoms with van der Waals surface area (Å²) in [6.07, 6.45) is -0.144. The molecule has 2 heterocycles. The standard InChI is InChI=1S/C30H45F2N5O6.C2H6/c1-17(35(9)28(41)43-30(5,6)7)25(38)34-24(29(2,3)4)26(39)36-13-12-22-23(36)18(15-37(22)27(40)33-8)16-42-19-10-11-20(31)21(32)14-19;1-2/h10-11,14,17-18,22-24H,12-13,15-16H2,1-9H3,(H,33,40)(H,34,38);1-2H3/t17-,18+,22?,23?,24?;/m0./s1. The summed E-state index contributed by atoms with van der Waals surface area (Å²) in [4.78, 5) is 57.4. The second-order valence-electron chi connectivity index (χ2n) is 13.3. The average Bonchev–Trinajstić information content (AvgIpc) is 3.55. The topological polar surface area (TPSA) is 121 Å². The Balaban J connectivity index is 0.00000345. The fourth-order valence-corrected chi connectivity index (χ4v) is 5.50. The van der Waals surface area contributed by atoms with E-state index in [-0.39, 0.29) is 42.8 Å². The second kappa shape index (κ2) is 15.1. The van der Waals surface area contributed by atoms with E-state index in [9.17, 15) is 28.0 Å². The van der Waals surface area contributed by atoms with Crippen LogP contribution in [0, 0.1) is 23.0 Å². The van der Waals surface area contributed by atoms with E-state index in [4.69, 9.17) is 9.47 Å². The van der Waals surface area contributed by atoms with Crippen molar-refractivity contribution in [3.8, 4) is 5.75 Å². The Kier molecular flexibility index (Phi) is 12.6. The van der Waals surface area contributed by atoms with Crippen LogP contribution in [0.3, 0.4) is 0 Å². The Labute approximate surface area is 265 Å². The lowest BCUT2D eigenvalue weighted by atomic mass is 9.85. The Hall–Kier alpha value is -3.64. The van der Waals surface area contributed by atoms with Crippen LogP contribution in [0.5, 0.6) is 5.75 Å². The third-order valence-electron chi connectivity index (χ3n) is 7.89. The molecule has 11 nitrogen and oxygen atoms in total. The van der Waals surface area contributed by atoms with E-state index >= 15 is 0 Å². The highest BCUT2D eigenvalue weighted by Crippen LogP contribution is 2.37. The quantitative estimate of drug-likeness (QED) is 0.457. The maximum atomic E-state index is 14.2. The molecule has 3 rings (SSSR count). The predicted octanol–water partition coefficient (Wildman–Crippen LogP) is 4.40. The van der Waals surface area contributed by atoms with Gasteiger partial charge in [0.1, 0.15) is 23.4 Å². The lowest BCUT2D eigenvalue weighted by Gasteiger charge is -2.38. The van der Waals surface area contributed by atoms with Crippen LogP contribution < -0.4 is 15.4 Å². The molecule has 0 spiro atoms. The lowest BCUT2D eigenvalue weighted by molar-refractivity contribution is -0.141. The van der Waals surface area contributed by atoms with Gasteiger partial charge in [-0.3, -0.25) is 14.5 Å². The van der Waals surface area contributed by atoms with Gasteiger partial charge in [0.2, 0.25) is 11.8 Å². The average molecular weight is 640 g/mol. The van der Waals surface area contributed by atoms with Crippen molar-refractivity contribution in [1.82, 2.24) is 25.3 Å². The van der Waals surface area contributed by atoms with Crippen LogP contribution in [0.25, 0.3) is 0 Å². The molecule has 13 heteroatoms. The molecule has 5 atom stereocenters. The van der Waals surface area contributed by atoms with Gasteiger partial charge in [-0.1, -0.05) is 34.6 Å². The lowest BCUT2D eigenvalue weighted by Crippen LogP contribution is -2.60. The van der Waals surface area contributed by atoms with E-state index in [0.29, 0.717) is 13.0 Å². The van der Waals surface area contributed by atoms with Crippen LogP contribution in [-0.4, -0.2) is 102 Å². The zero-order valence-corrected chi connectivity index (χ0v) is 28.5. The number of fused-ring (bicyclic) bond motifs is 1. The SMILES string of the molecule is CC.CNC(=O)N1C[C@H](COc2ccc(F)c(F)c2)C2C1CCN2C(=O)C(NC(=O)[C@H](C)N(C)C(=O)OC(C)(C)C)C(C)(C)C. The van der Waals surface area contributed by atoms with Gasteiger partial charge in [0.05, 0.1) is 18.7 Å². The summed E-state index contributed by atoms with van der Waals surface area (Å²) >= 11 is 0. The molecule has 1 aromatic rings. The number of nitrogens with one attached hydrogen (secondary N) is 2. The minimum atomic E-state index is -1.04. The van der Waals surface area contributed by atoms with E-state index in [1.807, 2.05) is 34.6 Å². The van der Waals surface area contributed by atoms with Crippen molar-refractivity contribution in [3.05, 3.63) is 29.8 Å². The molecule has 1 aromatic carbocycles. The Morgan fingerprint density at radius 1 is 1.04 bits per heavy atom. The van der Waals surface area contributed by atoms with E-state index in [1.165, 1.54) is 25.1 Å². The number of carbonyl (C=O) groups is 4. The van der Waals surface area contributed by atoms with Crippen LogP contribution in [-0.2, 0) is 14.3 Å². The number of likely N-dealkylation sites (N-methyl/N-ethyl adjacent to an activating group) is 1. The normalized spacial score (nSPS) is 20.7. The number of benzene rings is 1. The van der Waals surface area contributed by atoms with E-state index in [1.54, 1.807) is 37.5 Å². The molecule has 2 N–H and O–H groups in total. The van der Waals surface area contributed by atoms with Gasteiger partial charge >= 0.3 is 12.1 Å². The van der Waals surface area contributed by atoms with Crippen molar-refractivity contribution in [2.24, 2.45) is 11.3 Å². The van der Waals surface area contributed by atoms with E-state index in [2.05, 4.69) is 10.6 Å². The first-order valence-corrected chi connectivity index (χ1v) is 15.5. The van der Waals surface area contributed by atoms with Gasteiger partial charge in [-0.05, 0) is 51.7 Å². The number of urea groups is 1. The third kappa shape index (κ3) is 9.20. The number of hydrogen-bond donors (Lipinski definition) is 2. The minimum Gasteiger partial charge on any atom is -0.493 e. The number of likely N-dealkylation sites (tertiary alicyclic amines) is 2.